The zero-order chi connectivity index (χ0) is 22.5. The van der Waals surface area contributed by atoms with Gasteiger partial charge in [-0.1, -0.05) is 18.2 Å². The van der Waals surface area contributed by atoms with Gasteiger partial charge in [0.15, 0.2) is 6.61 Å². The maximum atomic E-state index is 13.4. The van der Waals surface area contributed by atoms with Crippen molar-refractivity contribution in [2.45, 2.75) is 39.5 Å². The van der Waals surface area contributed by atoms with E-state index in [-0.39, 0.29) is 5.69 Å². The molecule has 0 bridgehead atoms. The number of halogens is 3. The molecule has 0 atom stereocenters. The molecule has 0 fully saturated rings. The number of carbonyl (C=O) groups excluding carboxylic acids is 2. The zero-order valence-electron chi connectivity index (χ0n) is 17.0. The van der Waals surface area contributed by atoms with Crippen molar-refractivity contribution >= 4 is 23.4 Å². The first-order valence-electron chi connectivity index (χ1n) is 9.05. The van der Waals surface area contributed by atoms with E-state index in [1.807, 2.05) is 0 Å². The molecule has 0 saturated heterocycles. The van der Waals surface area contributed by atoms with Crippen LogP contribution in [0, 0.1) is 6.92 Å². The number of rotatable bonds is 5. The number of urea groups is 1. The van der Waals surface area contributed by atoms with Gasteiger partial charge in [0.1, 0.15) is 11.4 Å². The van der Waals surface area contributed by atoms with Gasteiger partial charge < -0.3 is 20.1 Å². The normalized spacial score (nSPS) is 11.6. The standard InChI is InChI=1S/C21H23F3N2O4/c1-13-7-5-6-8-16(13)26-19(28)25-14-9-10-17(15(11-14)21(22,23)24)29-12-18(27)30-20(2,3)4/h5-11H,12H2,1-4H3,(H2,25,26,28). The van der Waals surface area contributed by atoms with E-state index in [0.717, 1.165) is 17.7 Å². The summed E-state index contributed by atoms with van der Waals surface area (Å²) < 4.78 is 50.3. The largest absolute Gasteiger partial charge is 0.481 e. The number of esters is 1. The highest BCUT2D eigenvalue weighted by atomic mass is 19.4. The van der Waals surface area contributed by atoms with Gasteiger partial charge in [-0.25, -0.2) is 9.59 Å². The van der Waals surface area contributed by atoms with Crippen LogP contribution in [0.5, 0.6) is 5.75 Å². The van der Waals surface area contributed by atoms with Crippen molar-refractivity contribution in [1.82, 2.24) is 0 Å². The summed E-state index contributed by atoms with van der Waals surface area (Å²) in [4.78, 5) is 23.8. The summed E-state index contributed by atoms with van der Waals surface area (Å²) in [5, 5.41) is 4.93. The molecule has 0 unspecified atom stereocenters. The fourth-order valence-corrected chi connectivity index (χ4v) is 2.46. The molecule has 0 aliphatic heterocycles. The van der Waals surface area contributed by atoms with Crippen molar-refractivity contribution in [3.05, 3.63) is 53.6 Å². The topological polar surface area (TPSA) is 76.7 Å². The van der Waals surface area contributed by atoms with Gasteiger partial charge in [-0.15, -0.1) is 0 Å². The molecule has 2 amide bonds. The zero-order valence-corrected chi connectivity index (χ0v) is 17.0. The molecule has 162 valence electrons. The molecule has 0 spiro atoms. The number of benzene rings is 2. The number of aryl methyl sites for hydroxylation is 1. The molecule has 30 heavy (non-hydrogen) atoms. The third-order valence-electron chi connectivity index (χ3n) is 3.70. The van der Waals surface area contributed by atoms with Gasteiger partial charge in [-0.2, -0.15) is 13.2 Å². The molecule has 6 nitrogen and oxygen atoms in total. The average molecular weight is 424 g/mol. The van der Waals surface area contributed by atoms with Crippen molar-refractivity contribution in [2.75, 3.05) is 17.2 Å². The smallest absolute Gasteiger partial charge is 0.420 e. The van der Waals surface area contributed by atoms with Gasteiger partial charge >= 0.3 is 18.2 Å². The first kappa shape index (κ1) is 23.1. The predicted octanol–water partition coefficient (Wildman–Crippen LogP) is 5.38. The molecule has 0 aromatic heterocycles. The van der Waals surface area contributed by atoms with Crippen LogP contribution in [0.2, 0.25) is 0 Å². The number of hydrogen-bond donors (Lipinski definition) is 2. The Morgan fingerprint density at radius 1 is 1.00 bits per heavy atom. The summed E-state index contributed by atoms with van der Waals surface area (Å²) in [6.07, 6.45) is -4.76. The van der Waals surface area contributed by atoms with Crippen LogP contribution in [0.3, 0.4) is 0 Å². The molecule has 0 aliphatic rings. The lowest BCUT2D eigenvalue weighted by Crippen LogP contribution is -2.27. The van der Waals surface area contributed by atoms with Crippen LogP contribution < -0.4 is 15.4 Å². The molecular formula is C21H23F3N2O4. The van der Waals surface area contributed by atoms with Crippen molar-refractivity contribution in [1.29, 1.82) is 0 Å². The number of amides is 2. The highest BCUT2D eigenvalue weighted by molar-refractivity contribution is 6.00. The SMILES string of the molecule is Cc1ccccc1NC(=O)Nc1ccc(OCC(=O)OC(C)(C)C)c(C(F)(F)F)c1. The lowest BCUT2D eigenvalue weighted by atomic mass is 10.1. The molecule has 0 aliphatic carbocycles. The van der Waals surface area contributed by atoms with Gasteiger partial charge in [0.05, 0.1) is 5.56 Å². The molecule has 2 rings (SSSR count). The minimum atomic E-state index is -4.76. The Morgan fingerprint density at radius 3 is 2.27 bits per heavy atom. The Labute approximate surface area is 172 Å². The maximum absolute atomic E-state index is 13.4. The fraction of sp³-hybridized carbons (Fsp3) is 0.333. The highest BCUT2D eigenvalue weighted by Crippen LogP contribution is 2.38. The van der Waals surface area contributed by atoms with Gasteiger partial charge in [-0.3, -0.25) is 0 Å². The van der Waals surface area contributed by atoms with Crippen LogP contribution in [-0.2, 0) is 15.7 Å². The molecule has 9 heteroatoms. The Kier molecular flexibility index (Phi) is 6.96. The minimum absolute atomic E-state index is 0.0852. The van der Waals surface area contributed by atoms with Gasteiger partial charge in [0.2, 0.25) is 0 Å². The van der Waals surface area contributed by atoms with Gasteiger partial charge in [-0.05, 0) is 57.5 Å². The van der Waals surface area contributed by atoms with Crippen LogP contribution in [-0.4, -0.2) is 24.2 Å². The number of hydrogen-bond acceptors (Lipinski definition) is 4. The monoisotopic (exact) mass is 424 g/mol. The summed E-state index contributed by atoms with van der Waals surface area (Å²) in [7, 11) is 0. The van der Waals surface area contributed by atoms with Crippen molar-refractivity contribution in [3.63, 3.8) is 0 Å². The minimum Gasteiger partial charge on any atom is -0.481 e. The van der Waals surface area contributed by atoms with E-state index in [9.17, 15) is 22.8 Å². The second kappa shape index (κ2) is 9.06. The third kappa shape index (κ3) is 6.98. The van der Waals surface area contributed by atoms with E-state index in [1.165, 1.54) is 6.07 Å². The van der Waals surface area contributed by atoms with E-state index in [0.29, 0.717) is 5.69 Å². The predicted molar refractivity (Wildman–Crippen MR) is 107 cm³/mol. The molecule has 0 heterocycles. The van der Waals surface area contributed by atoms with Crippen molar-refractivity contribution < 1.29 is 32.2 Å². The lowest BCUT2D eigenvalue weighted by molar-refractivity contribution is -0.158. The van der Waals surface area contributed by atoms with E-state index >= 15 is 0 Å². The molecule has 2 aromatic carbocycles. The Balaban J connectivity index is 2.12. The summed E-state index contributed by atoms with van der Waals surface area (Å²) in [6.45, 7) is 6.01. The Hall–Kier alpha value is -3.23. The number of nitrogens with one attached hydrogen (secondary N) is 2. The Morgan fingerprint density at radius 2 is 1.67 bits per heavy atom. The summed E-state index contributed by atoms with van der Waals surface area (Å²) in [5.74, 6) is -1.34. The number of para-hydroxylation sites is 1. The fourth-order valence-electron chi connectivity index (χ4n) is 2.46. The summed E-state index contributed by atoms with van der Waals surface area (Å²) >= 11 is 0. The Bertz CT molecular complexity index is 921. The quantitative estimate of drug-likeness (QED) is 0.632. The van der Waals surface area contributed by atoms with E-state index in [2.05, 4.69) is 10.6 Å². The number of carbonyl (C=O) groups is 2. The van der Waals surface area contributed by atoms with Crippen molar-refractivity contribution in [3.8, 4) is 5.75 Å². The van der Waals surface area contributed by atoms with E-state index in [1.54, 1.807) is 52.0 Å². The highest BCUT2D eigenvalue weighted by Gasteiger charge is 2.35. The third-order valence-corrected chi connectivity index (χ3v) is 3.70. The number of ether oxygens (including phenoxy) is 2. The summed E-state index contributed by atoms with van der Waals surface area (Å²) in [5.41, 5.74) is -0.665. The maximum Gasteiger partial charge on any atom is 0.420 e. The lowest BCUT2D eigenvalue weighted by Gasteiger charge is -2.20. The first-order valence-corrected chi connectivity index (χ1v) is 9.05. The van der Waals surface area contributed by atoms with Gasteiger partial charge in [0.25, 0.3) is 0 Å². The van der Waals surface area contributed by atoms with Crippen LogP contribution in [0.4, 0.5) is 29.3 Å². The molecule has 0 saturated carbocycles. The summed E-state index contributed by atoms with van der Waals surface area (Å²) in [6, 6.07) is 9.30. The van der Waals surface area contributed by atoms with Crippen LogP contribution in [0.1, 0.15) is 31.9 Å². The van der Waals surface area contributed by atoms with Crippen LogP contribution in [0.15, 0.2) is 42.5 Å². The second-order valence-corrected chi connectivity index (χ2v) is 7.48. The van der Waals surface area contributed by atoms with Crippen molar-refractivity contribution in [2.24, 2.45) is 0 Å². The second-order valence-electron chi connectivity index (χ2n) is 7.48. The molecule has 2 aromatic rings. The van der Waals surface area contributed by atoms with E-state index in [4.69, 9.17) is 9.47 Å². The van der Waals surface area contributed by atoms with Crippen LogP contribution >= 0.6 is 0 Å². The van der Waals surface area contributed by atoms with Gasteiger partial charge in [0, 0.05) is 11.4 Å². The van der Waals surface area contributed by atoms with E-state index < -0.39 is 41.7 Å². The molecule has 0 radical (unpaired) electrons. The number of alkyl halides is 3. The number of anilines is 2. The first-order chi connectivity index (χ1) is 13.8. The average Bonchev–Trinajstić information content (AvgIpc) is 2.60. The molecular weight excluding hydrogens is 401 g/mol. The molecule has 2 N–H and O–H groups in total. The van der Waals surface area contributed by atoms with Crippen LogP contribution in [0.25, 0.3) is 0 Å².